The van der Waals surface area contributed by atoms with Gasteiger partial charge in [0.05, 0.1) is 17.0 Å². The fourth-order valence-corrected chi connectivity index (χ4v) is 3.74. The third kappa shape index (κ3) is 2.87. The molecular weight excluding hydrogens is 342 g/mol. The Morgan fingerprint density at radius 1 is 0.741 bits per heavy atom. The number of hydrogen-bond donors (Lipinski definition) is 1. The molecule has 5 rings (SSSR count). The monoisotopic (exact) mass is 365 g/mol. The normalized spacial score (nSPS) is 12.2. The van der Waals surface area contributed by atoms with Gasteiger partial charge in [0.15, 0.2) is 28.2 Å². The molecule has 0 aliphatic carbocycles. The summed E-state index contributed by atoms with van der Waals surface area (Å²) in [6.07, 6.45) is 9.31. The summed E-state index contributed by atoms with van der Waals surface area (Å²) in [4.78, 5) is 0. The Bertz CT molecular complexity index is 1200. The molecule has 5 heteroatoms. The van der Waals surface area contributed by atoms with Crippen LogP contribution in [0.4, 0.5) is 5.88 Å². The highest BCUT2D eigenvalue weighted by Gasteiger charge is 2.17. The molecule has 1 N–H and O–H groups in total. The molecule has 0 saturated carbocycles. The zero-order valence-corrected chi connectivity index (χ0v) is 15.5. The molecule has 0 radical (unpaired) electrons. The van der Waals surface area contributed by atoms with Gasteiger partial charge in [-0.3, -0.25) is 0 Å². The highest BCUT2D eigenvalue weighted by atomic mass is 16.4. The minimum atomic E-state index is 0.745. The van der Waals surface area contributed by atoms with Gasteiger partial charge in [-0.05, 0) is 12.5 Å². The van der Waals surface area contributed by atoms with E-state index in [-0.39, 0.29) is 0 Å². The van der Waals surface area contributed by atoms with Crippen LogP contribution in [0.5, 0.6) is 0 Å². The van der Waals surface area contributed by atoms with Crippen LogP contribution in [0.15, 0.2) is 48.2 Å². The van der Waals surface area contributed by atoms with Crippen LogP contribution in [0.1, 0.15) is 45.4 Å². The minimum absolute atomic E-state index is 0.745. The van der Waals surface area contributed by atoms with E-state index < -0.39 is 0 Å². The van der Waals surface area contributed by atoms with Gasteiger partial charge in [0.2, 0.25) is 0 Å². The van der Waals surface area contributed by atoms with Crippen molar-refractivity contribution >= 4 is 50.2 Å². The quantitative estimate of drug-likeness (QED) is 0.289. The van der Waals surface area contributed by atoms with Crippen LogP contribution in [-0.2, 0) is 0 Å². The first kappa shape index (κ1) is 16.4. The Morgan fingerprint density at radius 3 is 2.41 bits per heavy atom. The van der Waals surface area contributed by atoms with E-state index in [1.165, 1.54) is 32.1 Å². The number of furan rings is 4. The van der Waals surface area contributed by atoms with Crippen molar-refractivity contribution in [3.8, 4) is 0 Å². The maximum Gasteiger partial charge on any atom is 0.197 e. The lowest BCUT2D eigenvalue weighted by atomic mass is 10.1. The van der Waals surface area contributed by atoms with E-state index >= 15 is 0 Å². The zero-order valence-electron chi connectivity index (χ0n) is 15.5. The molecule has 0 saturated heterocycles. The molecule has 0 atom stereocenters. The first-order chi connectivity index (χ1) is 13.3. The lowest BCUT2D eigenvalue weighted by Gasteiger charge is -2.02. The van der Waals surface area contributed by atoms with Crippen molar-refractivity contribution in [1.29, 1.82) is 0 Å². The second-order valence-corrected chi connectivity index (χ2v) is 7.16. The molecular formula is C22H23NO4. The summed E-state index contributed by atoms with van der Waals surface area (Å²) in [7, 11) is 0. The fourth-order valence-electron chi connectivity index (χ4n) is 3.74. The molecule has 0 unspecified atom stereocenters. The maximum atomic E-state index is 6.02. The van der Waals surface area contributed by atoms with Gasteiger partial charge in [0.1, 0.15) is 11.2 Å². The standard InChI is InChI=1S/C22H23NO4/c1-2-3-4-5-6-7-9-23-20-13-19-22(27-20)15-11-14-17(12-18(15)26-19)25-16-8-10-24-21(14)16/h8,10-13,23H,2-7,9H2,1H3. The summed E-state index contributed by atoms with van der Waals surface area (Å²) in [5.74, 6) is 0.759. The van der Waals surface area contributed by atoms with Crippen LogP contribution >= 0.6 is 0 Å². The Labute approximate surface area is 156 Å². The van der Waals surface area contributed by atoms with Crippen LogP contribution < -0.4 is 5.32 Å². The molecule has 1 aromatic carbocycles. The highest BCUT2D eigenvalue weighted by molar-refractivity contribution is 6.12. The second kappa shape index (κ2) is 6.72. The molecule has 0 spiro atoms. The number of benzene rings is 1. The third-order valence-corrected chi connectivity index (χ3v) is 5.17. The van der Waals surface area contributed by atoms with Gasteiger partial charge >= 0.3 is 0 Å². The third-order valence-electron chi connectivity index (χ3n) is 5.17. The van der Waals surface area contributed by atoms with E-state index in [2.05, 4.69) is 12.2 Å². The first-order valence-electron chi connectivity index (χ1n) is 9.83. The van der Waals surface area contributed by atoms with Gasteiger partial charge in [-0.1, -0.05) is 39.0 Å². The van der Waals surface area contributed by atoms with E-state index in [9.17, 15) is 0 Å². The van der Waals surface area contributed by atoms with Crippen LogP contribution in [0, 0.1) is 0 Å². The lowest BCUT2D eigenvalue weighted by Crippen LogP contribution is -1.99. The van der Waals surface area contributed by atoms with Gasteiger partial charge in [0.25, 0.3) is 0 Å². The molecule has 4 aromatic heterocycles. The lowest BCUT2D eigenvalue weighted by molar-refractivity contribution is 0.601. The fraction of sp³-hybridized carbons (Fsp3) is 0.364. The SMILES string of the molecule is CCCCCCCCNc1cc2oc3cc4oc5ccoc5c4cc3c2o1. The number of fused-ring (bicyclic) bond motifs is 6. The molecule has 140 valence electrons. The van der Waals surface area contributed by atoms with Crippen molar-refractivity contribution in [1.82, 2.24) is 0 Å². The zero-order chi connectivity index (χ0) is 18.2. The van der Waals surface area contributed by atoms with Crippen molar-refractivity contribution < 1.29 is 17.7 Å². The molecule has 5 nitrogen and oxygen atoms in total. The van der Waals surface area contributed by atoms with Crippen LogP contribution in [0.3, 0.4) is 0 Å². The summed E-state index contributed by atoms with van der Waals surface area (Å²) in [5.41, 5.74) is 4.53. The van der Waals surface area contributed by atoms with E-state index in [1.54, 1.807) is 6.26 Å². The topological polar surface area (TPSA) is 64.6 Å². The average Bonchev–Trinajstić information content (AvgIpc) is 3.39. The van der Waals surface area contributed by atoms with Crippen molar-refractivity contribution in [3.05, 3.63) is 30.5 Å². The second-order valence-electron chi connectivity index (χ2n) is 7.16. The summed E-state index contributed by atoms with van der Waals surface area (Å²) in [6.45, 7) is 3.16. The molecule has 5 aromatic rings. The van der Waals surface area contributed by atoms with E-state index in [0.717, 1.165) is 63.1 Å². The van der Waals surface area contributed by atoms with Gasteiger partial charge in [-0.2, -0.15) is 0 Å². The van der Waals surface area contributed by atoms with Crippen LogP contribution in [-0.4, -0.2) is 6.54 Å². The Hall–Kier alpha value is -2.82. The van der Waals surface area contributed by atoms with Crippen LogP contribution in [0.2, 0.25) is 0 Å². The van der Waals surface area contributed by atoms with Crippen molar-refractivity contribution in [2.75, 3.05) is 11.9 Å². The maximum absolute atomic E-state index is 6.02. The molecule has 0 amide bonds. The Kier molecular flexibility index (Phi) is 4.07. The van der Waals surface area contributed by atoms with E-state index in [0.29, 0.717) is 0 Å². The largest absolute Gasteiger partial charge is 0.460 e. The Balaban J connectivity index is 1.36. The predicted molar refractivity (Wildman–Crippen MR) is 107 cm³/mol. The molecule has 27 heavy (non-hydrogen) atoms. The summed E-state index contributed by atoms with van der Waals surface area (Å²) < 4.78 is 23.3. The van der Waals surface area contributed by atoms with E-state index in [1.807, 2.05) is 24.3 Å². The van der Waals surface area contributed by atoms with Crippen LogP contribution in [0.25, 0.3) is 44.3 Å². The minimum Gasteiger partial charge on any atom is -0.460 e. The number of unbranched alkanes of at least 4 members (excludes halogenated alkanes) is 5. The number of hydrogen-bond acceptors (Lipinski definition) is 5. The summed E-state index contributed by atoms with van der Waals surface area (Å²) in [5, 5.41) is 5.24. The van der Waals surface area contributed by atoms with Gasteiger partial charge < -0.3 is 23.0 Å². The first-order valence-corrected chi connectivity index (χ1v) is 9.83. The summed E-state index contributed by atoms with van der Waals surface area (Å²) >= 11 is 0. The molecule has 4 heterocycles. The number of anilines is 1. The smallest absolute Gasteiger partial charge is 0.197 e. The highest BCUT2D eigenvalue weighted by Crippen LogP contribution is 2.38. The van der Waals surface area contributed by atoms with Crippen molar-refractivity contribution in [2.45, 2.75) is 45.4 Å². The van der Waals surface area contributed by atoms with Gasteiger partial charge in [-0.15, -0.1) is 0 Å². The molecule has 0 aliphatic heterocycles. The molecule has 0 fully saturated rings. The summed E-state index contributed by atoms with van der Waals surface area (Å²) in [6, 6.07) is 7.67. The molecule has 0 bridgehead atoms. The average molecular weight is 365 g/mol. The van der Waals surface area contributed by atoms with Gasteiger partial charge in [0, 0.05) is 24.7 Å². The van der Waals surface area contributed by atoms with Gasteiger partial charge in [-0.25, -0.2) is 0 Å². The number of nitrogens with one attached hydrogen (secondary N) is 1. The molecule has 0 aliphatic rings. The van der Waals surface area contributed by atoms with Crippen molar-refractivity contribution in [2.24, 2.45) is 0 Å². The van der Waals surface area contributed by atoms with Crippen molar-refractivity contribution in [3.63, 3.8) is 0 Å². The Morgan fingerprint density at radius 2 is 1.52 bits per heavy atom. The number of rotatable bonds is 8. The predicted octanol–water partition coefficient (Wildman–Crippen LogP) is 7.44. The van der Waals surface area contributed by atoms with E-state index in [4.69, 9.17) is 17.7 Å².